The summed E-state index contributed by atoms with van der Waals surface area (Å²) in [5.74, 6) is 0.994. The quantitative estimate of drug-likeness (QED) is 0.760. The molecule has 1 N–H and O–H groups in total. The summed E-state index contributed by atoms with van der Waals surface area (Å²) in [6.45, 7) is 2.13. The molecule has 76 valence electrons. The van der Waals surface area contributed by atoms with Crippen LogP contribution >= 0.6 is 11.8 Å². The van der Waals surface area contributed by atoms with Crippen molar-refractivity contribution in [3.05, 3.63) is 29.6 Å². The van der Waals surface area contributed by atoms with E-state index in [1.807, 2.05) is 6.07 Å². The largest absolute Gasteiger partial charge is 0.477 e. The van der Waals surface area contributed by atoms with E-state index in [9.17, 15) is 4.79 Å². The monoisotopic (exact) mass is 211 g/mol. The average molecular weight is 211 g/mol. The van der Waals surface area contributed by atoms with Crippen LogP contribution in [0.2, 0.25) is 0 Å². The summed E-state index contributed by atoms with van der Waals surface area (Å²) in [5, 5.41) is 8.71. The molecule has 1 rings (SSSR count). The molecule has 0 aromatic carbocycles. The van der Waals surface area contributed by atoms with Crippen LogP contribution in [-0.4, -0.2) is 21.8 Å². The van der Waals surface area contributed by atoms with E-state index >= 15 is 0 Å². The Balaban J connectivity index is 2.59. The molecule has 0 aliphatic rings. The third-order valence-electron chi connectivity index (χ3n) is 1.66. The molecule has 0 saturated heterocycles. The highest BCUT2D eigenvalue weighted by atomic mass is 32.2. The first-order chi connectivity index (χ1) is 6.74. The van der Waals surface area contributed by atoms with Crippen molar-refractivity contribution in [2.45, 2.75) is 19.1 Å². The van der Waals surface area contributed by atoms with Gasteiger partial charge in [-0.2, -0.15) is 11.8 Å². The highest BCUT2D eigenvalue weighted by molar-refractivity contribution is 7.98. The first-order valence-electron chi connectivity index (χ1n) is 4.50. The number of rotatable bonds is 5. The number of aromatic carboxylic acids is 1. The summed E-state index contributed by atoms with van der Waals surface area (Å²) in [5.41, 5.74) is 1.15. The Morgan fingerprint density at radius 1 is 1.64 bits per heavy atom. The van der Waals surface area contributed by atoms with E-state index < -0.39 is 5.97 Å². The maximum atomic E-state index is 10.6. The molecule has 0 bridgehead atoms. The standard InChI is InChI=1S/C10H13NO2S/c1-2-5-14-7-8-3-4-11-9(6-8)10(12)13/h3-4,6H,2,5,7H2,1H3,(H,12,13). The zero-order valence-corrected chi connectivity index (χ0v) is 8.88. The molecule has 3 nitrogen and oxygen atoms in total. The molecular formula is C10H13NO2S. The van der Waals surface area contributed by atoms with Crippen LogP contribution < -0.4 is 0 Å². The summed E-state index contributed by atoms with van der Waals surface area (Å²) in [7, 11) is 0. The van der Waals surface area contributed by atoms with Crippen molar-refractivity contribution in [3.8, 4) is 0 Å². The summed E-state index contributed by atoms with van der Waals surface area (Å²) in [6.07, 6.45) is 2.69. The molecule has 0 fully saturated rings. The molecule has 0 amide bonds. The number of carbonyl (C=O) groups is 1. The van der Waals surface area contributed by atoms with E-state index in [0.717, 1.165) is 23.5 Å². The van der Waals surface area contributed by atoms with Crippen LogP contribution in [0.1, 0.15) is 29.4 Å². The van der Waals surface area contributed by atoms with E-state index in [-0.39, 0.29) is 5.69 Å². The van der Waals surface area contributed by atoms with Gasteiger partial charge in [0.1, 0.15) is 5.69 Å². The number of hydrogen-bond acceptors (Lipinski definition) is 3. The molecule has 0 saturated carbocycles. The maximum Gasteiger partial charge on any atom is 0.354 e. The van der Waals surface area contributed by atoms with Gasteiger partial charge in [-0.3, -0.25) is 0 Å². The normalized spacial score (nSPS) is 10.1. The number of carboxylic acids is 1. The SMILES string of the molecule is CCCSCc1ccnc(C(=O)O)c1. The van der Waals surface area contributed by atoms with E-state index in [2.05, 4.69) is 11.9 Å². The van der Waals surface area contributed by atoms with Gasteiger partial charge in [-0.05, 0) is 29.9 Å². The van der Waals surface area contributed by atoms with E-state index in [1.54, 1.807) is 24.0 Å². The van der Waals surface area contributed by atoms with E-state index in [1.165, 1.54) is 0 Å². The Hall–Kier alpha value is -1.03. The van der Waals surface area contributed by atoms with Crippen molar-refractivity contribution in [1.29, 1.82) is 0 Å². The maximum absolute atomic E-state index is 10.6. The fourth-order valence-electron chi connectivity index (χ4n) is 1.02. The van der Waals surface area contributed by atoms with Crippen molar-refractivity contribution < 1.29 is 9.90 Å². The minimum absolute atomic E-state index is 0.125. The van der Waals surface area contributed by atoms with Crippen LogP contribution in [-0.2, 0) is 5.75 Å². The number of hydrogen-bond donors (Lipinski definition) is 1. The molecule has 1 heterocycles. The number of thioether (sulfide) groups is 1. The van der Waals surface area contributed by atoms with Crippen LogP contribution in [0.25, 0.3) is 0 Å². The van der Waals surface area contributed by atoms with Gasteiger partial charge in [0.2, 0.25) is 0 Å². The van der Waals surface area contributed by atoms with Gasteiger partial charge in [0.25, 0.3) is 0 Å². The summed E-state index contributed by atoms with van der Waals surface area (Å²) < 4.78 is 0. The van der Waals surface area contributed by atoms with Gasteiger partial charge in [0.05, 0.1) is 0 Å². The minimum Gasteiger partial charge on any atom is -0.477 e. The first-order valence-corrected chi connectivity index (χ1v) is 5.65. The summed E-state index contributed by atoms with van der Waals surface area (Å²) >= 11 is 1.81. The second-order valence-electron chi connectivity index (χ2n) is 2.91. The molecular weight excluding hydrogens is 198 g/mol. The van der Waals surface area contributed by atoms with Gasteiger partial charge in [-0.1, -0.05) is 6.92 Å². The number of aromatic nitrogens is 1. The zero-order chi connectivity index (χ0) is 10.4. The zero-order valence-electron chi connectivity index (χ0n) is 8.06. The third kappa shape index (κ3) is 3.38. The lowest BCUT2D eigenvalue weighted by atomic mass is 10.2. The van der Waals surface area contributed by atoms with Gasteiger partial charge in [-0.15, -0.1) is 0 Å². The molecule has 4 heteroatoms. The lowest BCUT2D eigenvalue weighted by molar-refractivity contribution is 0.0690. The lowest BCUT2D eigenvalue weighted by Gasteiger charge is -2.00. The Labute approximate surface area is 87.6 Å². The minimum atomic E-state index is -0.965. The highest BCUT2D eigenvalue weighted by Gasteiger charge is 2.04. The van der Waals surface area contributed by atoms with Crippen LogP contribution in [0.3, 0.4) is 0 Å². The van der Waals surface area contributed by atoms with Crippen molar-refractivity contribution >= 4 is 17.7 Å². The Morgan fingerprint density at radius 2 is 2.43 bits per heavy atom. The molecule has 1 aromatic heterocycles. The van der Waals surface area contributed by atoms with E-state index in [4.69, 9.17) is 5.11 Å². The van der Waals surface area contributed by atoms with Crippen molar-refractivity contribution in [1.82, 2.24) is 4.98 Å². The van der Waals surface area contributed by atoms with Crippen molar-refractivity contribution in [2.24, 2.45) is 0 Å². The van der Waals surface area contributed by atoms with Gasteiger partial charge in [-0.25, -0.2) is 9.78 Å². The average Bonchev–Trinajstić information content (AvgIpc) is 2.19. The summed E-state index contributed by atoms with van der Waals surface area (Å²) in [6, 6.07) is 3.49. The molecule has 0 unspecified atom stereocenters. The topological polar surface area (TPSA) is 50.2 Å². The third-order valence-corrected chi connectivity index (χ3v) is 2.90. The summed E-state index contributed by atoms with van der Waals surface area (Å²) in [4.78, 5) is 14.4. The Bertz CT molecular complexity index is 315. The van der Waals surface area contributed by atoms with Crippen LogP contribution in [0, 0.1) is 0 Å². The molecule has 0 aliphatic heterocycles. The van der Waals surface area contributed by atoms with Gasteiger partial charge >= 0.3 is 5.97 Å². The van der Waals surface area contributed by atoms with Gasteiger partial charge in [0, 0.05) is 11.9 Å². The number of pyridine rings is 1. The fraction of sp³-hybridized carbons (Fsp3) is 0.400. The molecule has 14 heavy (non-hydrogen) atoms. The molecule has 0 aliphatic carbocycles. The van der Waals surface area contributed by atoms with Crippen molar-refractivity contribution in [3.63, 3.8) is 0 Å². The van der Waals surface area contributed by atoms with Crippen molar-refractivity contribution in [2.75, 3.05) is 5.75 Å². The van der Waals surface area contributed by atoms with Gasteiger partial charge < -0.3 is 5.11 Å². The van der Waals surface area contributed by atoms with Crippen LogP contribution in [0.5, 0.6) is 0 Å². The second-order valence-corrected chi connectivity index (χ2v) is 4.01. The number of carboxylic acid groups (broad SMARTS) is 1. The fourth-order valence-corrected chi connectivity index (χ4v) is 1.86. The predicted molar refractivity (Wildman–Crippen MR) is 57.6 cm³/mol. The second kappa shape index (κ2) is 5.65. The Morgan fingerprint density at radius 3 is 3.07 bits per heavy atom. The first kappa shape index (κ1) is 11.0. The molecule has 0 spiro atoms. The number of nitrogens with zero attached hydrogens (tertiary/aromatic N) is 1. The highest BCUT2D eigenvalue weighted by Crippen LogP contribution is 2.13. The lowest BCUT2D eigenvalue weighted by Crippen LogP contribution is -2.00. The molecule has 0 atom stereocenters. The van der Waals surface area contributed by atoms with Crippen LogP contribution in [0.4, 0.5) is 0 Å². The molecule has 0 radical (unpaired) electrons. The smallest absolute Gasteiger partial charge is 0.354 e. The van der Waals surface area contributed by atoms with Crippen LogP contribution in [0.15, 0.2) is 18.3 Å². The molecule has 1 aromatic rings. The van der Waals surface area contributed by atoms with E-state index in [0.29, 0.717) is 0 Å². The predicted octanol–water partition coefficient (Wildman–Crippen LogP) is 2.42. The van der Waals surface area contributed by atoms with Gasteiger partial charge in [0.15, 0.2) is 0 Å². The Kier molecular flexibility index (Phi) is 4.46.